The molecule has 13 heteroatoms. The third-order valence-electron chi connectivity index (χ3n) is 8.42. The summed E-state index contributed by atoms with van der Waals surface area (Å²) in [7, 11) is 0. The molecule has 1 spiro atoms. The van der Waals surface area contributed by atoms with Gasteiger partial charge in [-0.3, -0.25) is 9.78 Å². The first-order valence-electron chi connectivity index (χ1n) is 14.4. The number of alkyl halides is 3. The fraction of sp³-hybridized carbons (Fsp3) is 0.387. The molecule has 5 heterocycles. The number of nitrogens with one attached hydrogen (secondary N) is 1. The lowest BCUT2D eigenvalue weighted by Gasteiger charge is -2.39. The lowest BCUT2D eigenvalue weighted by molar-refractivity contribution is -0.198. The topological polar surface area (TPSA) is 118 Å². The number of aryl methyl sites for hydroxylation is 2. The summed E-state index contributed by atoms with van der Waals surface area (Å²) in [6.45, 7) is 5.18. The normalized spacial score (nSPS) is 18.8. The number of carbonyl (C=O) groups is 1. The zero-order chi connectivity index (χ0) is 31.1. The molecule has 2 aliphatic heterocycles. The average molecular weight is 608 g/mol. The van der Waals surface area contributed by atoms with E-state index in [1.165, 1.54) is 16.8 Å². The summed E-state index contributed by atoms with van der Waals surface area (Å²) in [5.41, 5.74) is 2.07. The van der Waals surface area contributed by atoms with Crippen LogP contribution in [0.25, 0.3) is 16.8 Å². The fourth-order valence-electron chi connectivity index (χ4n) is 6.08. The van der Waals surface area contributed by atoms with Gasteiger partial charge in [0.05, 0.1) is 11.4 Å². The molecule has 3 aromatic heterocycles. The first kappa shape index (κ1) is 29.5. The molecule has 0 saturated carbocycles. The van der Waals surface area contributed by atoms with Gasteiger partial charge >= 0.3 is 12.1 Å². The predicted molar refractivity (Wildman–Crippen MR) is 156 cm³/mol. The van der Waals surface area contributed by atoms with Gasteiger partial charge in [-0.15, -0.1) is 0 Å². The molecule has 0 aliphatic carbocycles. The maximum Gasteiger partial charge on any atom is 0.429 e. The summed E-state index contributed by atoms with van der Waals surface area (Å²) in [6, 6.07) is 10.9. The van der Waals surface area contributed by atoms with Crippen LogP contribution in [0.2, 0.25) is 0 Å². The number of benzene rings is 1. The van der Waals surface area contributed by atoms with Crippen LogP contribution < -0.4 is 15.0 Å². The third kappa shape index (κ3) is 6.09. The van der Waals surface area contributed by atoms with Crippen molar-refractivity contribution in [2.24, 2.45) is 5.41 Å². The molecular formula is C31H32F3N7O3. The van der Waals surface area contributed by atoms with Crippen molar-refractivity contribution in [3.63, 3.8) is 0 Å². The highest BCUT2D eigenvalue weighted by molar-refractivity contribution is 5.74. The highest BCUT2D eigenvalue weighted by Crippen LogP contribution is 2.42. The molecule has 0 amide bonds. The van der Waals surface area contributed by atoms with Crippen LogP contribution in [0.4, 0.5) is 19.0 Å². The number of halogens is 3. The molecule has 2 atom stereocenters. The van der Waals surface area contributed by atoms with Gasteiger partial charge in [0.15, 0.2) is 0 Å². The molecule has 2 N–H and O–H groups in total. The second-order valence-electron chi connectivity index (χ2n) is 11.5. The lowest BCUT2D eigenvalue weighted by atomic mass is 9.76. The van der Waals surface area contributed by atoms with E-state index < -0.39 is 24.3 Å². The third-order valence-corrected chi connectivity index (χ3v) is 8.42. The number of hydrogen-bond acceptors (Lipinski definition) is 8. The number of pyridine rings is 1. The maximum atomic E-state index is 14.8. The molecule has 230 valence electrons. The zero-order valence-corrected chi connectivity index (χ0v) is 24.3. The molecule has 0 bridgehead atoms. The number of aliphatic carboxylic acids is 1. The van der Waals surface area contributed by atoms with Crippen molar-refractivity contribution < 1.29 is 27.8 Å². The van der Waals surface area contributed by atoms with Crippen molar-refractivity contribution >= 4 is 11.8 Å². The molecule has 44 heavy (non-hydrogen) atoms. The number of ether oxygens (including phenoxy) is 1. The highest BCUT2D eigenvalue weighted by atomic mass is 19.4. The Morgan fingerprint density at radius 2 is 1.91 bits per heavy atom. The Bertz CT molecular complexity index is 1650. The number of anilines is 1. The number of rotatable bonds is 7. The number of carboxylic acids is 1. The van der Waals surface area contributed by atoms with Crippen LogP contribution in [0.1, 0.15) is 42.4 Å². The predicted octanol–water partition coefficient (Wildman–Crippen LogP) is 5.06. The Kier molecular flexibility index (Phi) is 7.74. The second kappa shape index (κ2) is 11.5. The summed E-state index contributed by atoms with van der Waals surface area (Å²) >= 11 is 0. The highest BCUT2D eigenvalue weighted by Gasteiger charge is 2.46. The van der Waals surface area contributed by atoms with Crippen LogP contribution in [-0.4, -0.2) is 67.7 Å². The number of piperidine rings is 1. The fourth-order valence-corrected chi connectivity index (χ4v) is 6.08. The number of aromatic nitrogens is 5. The quantitative estimate of drug-likeness (QED) is 0.297. The van der Waals surface area contributed by atoms with Crippen molar-refractivity contribution in [1.82, 2.24) is 30.0 Å². The zero-order valence-electron chi connectivity index (χ0n) is 24.3. The van der Waals surface area contributed by atoms with E-state index in [1.54, 1.807) is 56.7 Å². The summed E-state index contributed by atoms with van der Waals surface area (Å²) in [5, 5.41) is 16.9. The van der Waals surface area contributed by atoms with E-state index in [0.717, 1.165) is 18.4 Å². The Morgan fingerprint density at radius 1 is 1.11 bits per heavy atom. The van der Waals surface area contributed by atoms with Crippen molar-refractivity contribution in [2.75, 3.05) is 24.5 Å². The van der Waals surface area contributed by atoms with E-state index >= 15 is 0 Å². The van der Waals surface area contributed by atoms with Gasteiger partial charge in [0.2, 0.25) is 12.0 Å². The SMILES string of the molecule is Cc1ccn(-c2cc(-c3cccnc3)ccc2[C@@H](Oc2cc(N3CCC4(CC3)CN[C@H](C(=O)O)C4)nc(C)n2)C(F)(F)F)n1. The minimum absolute atomic E-state index is 0.118. The minimum Gasteiger partial charge on any atom is -0.480 e. The standard InChI is InChI=1S/C31H32F3N7O3/c1-19-7-11-41(39-19)25-14-21(22-4-3-10-35-17-22)5-6-23(25)28(31(32,33)34)44-27-15-26(37-20(2)38-27)40-12-8-30(9-13-40)16-24(29(42)43)36-18-30/h3-7,10-11,14-15,17,24,28,36H,8-9,12-13,16,18H2,1-2H3,(H,42,43)/t24-,28+/m0/s1. The number of hydrogen-bond donors (Lipinski definition) is 2. The van der Waals surface area contributed by atoms with E-state index in [2.05, 4.69) is 25.4 Å². The molecule has 1 aromatic carbocycles. The van der Waals surface area contributed by atoms with Gasteiger partial charge in [-0.1, -0.05) is 18.2 Å². The minimum atomic E-state index is -4.78. The molecule has 10 nitrogen and oxygen atoms in total. The maximum absolute atomic E-state index is 14.8. The van der Waals surface area contributed by atoms with E-state index in [4.69, 9.17) is 4.74 Å². The molecule has 2 aliphatic rings. The monoisotopic (exact) mass is 607 g/mol. The van der Waals surface area contributed by atoms with Crippen LogP contribution in [-0.2, 0) is 4.79 Å². The lowest BCUT2D eigenvalue weighted by Crippen LogP contribution is -2.41. The molecule has 0 unspecified atom stereocenters. The van der Waals surface area contributed by atoms with Gasteiger partial charge in [0.1, 0.15) is 17.7 Å². The first-order chi connectivity index (χ1) is 21.0. The molecule has 4 aromatic rings. The van der Waals surface area contributed by atoms with Crippen LogP contribution in [0.3, 0.4) is 0 Å². The van der Waals surface area contributed by atoms with Crippen molar-refractivity contribution in [3.05, 3.63) is 78.1 Å². The van der Waals surface area contributed by atoms with Crippen LogP contribution in [0.15, 0.2) is 61.1 Å². The van der Waals surface area contributed by atoms with Gasteiger partial charge in [-0.2, -0.15) is 23.3 Å². The average Bonchev–Trinajstić information content (AvgIpc) is 3.62. The second-order valence-corrected chi connectivity index (χ2v) is 11.5. The van der Waals surface area contributed by atoms with Crippen LogP contribution in [0, 0.1) is 19.3 Å². The van der Waals surface area contributed by atoms with Gasteiger partial charge in [0.25, 0.3) is 0 Å². The summed E-state index contributed by atoms with van der Waals surface area (Å²) in [5.74, 6) is -0.294. The van der Waals surface area contributed by atoms with E-state index in [1.807, 2.05) is 11.0 Å². The largest absolute Gasteiger partial charge is 0.480 e. The summed E-state index contributed by atoms with van der Waals surface area (Å²) in [4.78, 5) is 26.3. The molecule has 6 rings (SSSR count). The van der Waals surface area contributed by atoms with Gasteiger partial charge in [-0.25, -0.2) is 9.67 Å². The van der Waals surface area contributed by atoms with E-state index in [0.29, 0.717) is 43.1 Å². The Labute approximate surface area is 251 Å². The summed E-state index contributed by atoms with van der Waals surface area (Å²) < 4.78 is 51.4. The Hall–Kier alpha value is -4.52. The Morgan fingerprint density at radius 3 is 2.55 bits per heavy atom. The Balaban J connectivity index is 1.30. The molecule has 2 fully saturated rings. The molecular weight excluding hydrogens is 575 g/mol. The summed E-state index contributed by atoms with van der Waals surface area (Å²) in [6.07, 6.45) is -0.195. The number of nitrogens with zero attached hydrogens (tertiary/aromatic N) is 6. The van der Waals surface area contributed by atoms with E-state index in [9.17, 15) is 23.1 Å². The van der Waals surface area contributed by atoms with Gasteiger partial charge in [-0.05, 0) is 62.3 Å². The molecule has 2 saturated heterocycles. The van der Waals surface area contributed by atoms with Crippen LogP contribution >= 0.6 is 0 Å². The van der Waals surface area contributed by atoms with Gasteiger partial charge in [0, 0.05) is 55.4 Å². The van der Waals surface area contributed by atoms with Crippen molar-refractivity contribution in [1.29, 1.82) is 0 Å². The number of carboxylic acid groups (broad SMARTS) is 1. The van der Waals surface area contributed by atoms with E-state index in [-0.39, 0.29) is 28.4 Å². The first-order valence-corrected chi connectivity index (χ1v) is 14.4. The molecule has 0 radical (unpaired) electrons. The smallest absolute Gasteiger partial charge is 0.429 e. The van der Waals surface area contributed by atoms with Gasteiger partial charge < -0.3 is 20.1 Å². The van der Waals surface area contributed by atoms with Crippen molar-refractivity contribution in [3.8, 4) is 22.7 Å². The van der Waals surface area contributed by atoms with Crippen LogP contribution in [0.5, 0.6) is 5.88 Å². The van der Waals surface area contributed by atoms with Crippen molar-refractivity contribution in [2.45, 2.75) is 51.4 Å².